The van der Waals surface area contributed by atoms with Crippen molar-refractivity contribution in [2.45, 2.75) is 219 Å². The van der Waals surface area contributed by atoms with Gasteiger partial charge in [0.1, 0.15) is 47.5 Å². The maximum absolute atomic E-state index is 14.2. The minimum Gasteiger partial charge on any atom is -0.444 e. The second-order valence-electron chi connectivity index (χ2n) is 25.8. The van der Waals surface area contributed by atoms with Crippen molar-refractivity contribution in [1.82, 2.24) is 42.5 Å². The van der Waals surface area contributed by atoms with E-state index in [9.17, 15) is 38.4 Å². The van der Waals surface area contributed by atoms with Crippen LogP contribution < -0.4 is 42.5 Å². The van der Waals surface area contributed by atoms with Crippen LogP contribution in [-0.4, -0.2) is 108 Å². The summed E-state index contributed by atoms with van der Waals surface area (Å²) in [5.74, 6) is -2.54. The highest BCUT2D eigenvalue weighted by molar-refractivity contribution is 5.95. The quantitative estimate of drug-likeness (QED) is 0.0198. The Morgan fingerprint density at radius 3 is 0.784 bits per heavy atom. The van der Waals surface area contributed by atoms with Crippen molar-refractivity contribution in [3.8, 4) is 0 Å². The molecular weight excluding hydrogens is 1110 g/mol. The van der Waals surface area contributed by atoms with E-state index in [0.29, 0.717) is 25.9 Å². The van der Waals surface area contributed by atoms with E-state index in [1.54, 1.807) is 41.5 Å². The van der Waals surface area contributed by atoms with Gasteiger partial charge < -0.3 is 52.0 Å². The largest absolute Gasteiger partial charge is 0.444 e. The van der Waals surface area contributed by atoms with E-state index in [2.05, 4.69) is 42.5 Å². The molecule has 0 aliphatic rings. The van der Waals surface area contributed by atoms with Gasteiger partial charge in [0.15, 0.2) is 0 Å². The molecule has 0 aliphatic carbocycles. The van der Waals surface area contributed by atoms with Crippen molar-refractivity contribution < 1.29 is 47.8 Å². The molecule has 18 heteroatoms. The maximum atomic E-state index is 14.2. The monoisotopic (exact) mass is 1210 g/mol. The van der Waals surface area contributed by atoms with Gasteiger partial charge in [-0.1, -0.05) is 200 Å². The van der Waals surface area contributed by atoms with Crippen molar-refractivity contribution in [3.63, 3.8) is 0 Å². The zero-order chi connectivity index (χ0) is 64.5. The van der Waals surface area contributed by atoms with Gasteiger partial charge in [-0.05, 0) is 101 Å². The van der Waals surface area contributed by atoms with Crippen LogP contribution in [0.1, 0.15) is 169 Å². The molecule has 18 nitrogen and oxygen atoms in total. The first kappa shape index (κ1) is 72.7. The van der Waals surface area contributed by atoms with Crippen LogP contribution in [0.5, 0.6) is 0 Å². The van der Waals surface area contributed by atoms with E-state index in [0.717, 1.165) is 86.5 Å². The van der Waals surface area contributed by atoms with Gasteiger partial charge in [-0.25, -0.2) is 9.59 Å². The van der Waals surface area contributed by atoms with E-state index < -0.39 is 83.3 Å². The fourth-order valence-corrected chi connectivity index (χ4v) is 9.96. The van der Waals surface area contributed by atoms with E-state index in [-0.39, 0.29) is 49.3 Å². The second kappa shape index (κ2) is 38.5. The van der Waals surface area contributed by atoms with E-state index in [1.165, 1.54) is 0 Å². The summed E-state index contributed by atoms with van der Waals surface area (Å²) < 4.78 is 11.0. The molecule has 0 spiro atoms. The average Bonchev–Trinajstić information content (AvgIpc) is 2.59. The lowest BCUT2D eigenvalue weighted by Gasteiger charge is -2.27. The molecule has 0 saturated carbocycles. The SMILES string of the molecule is CC(C)C[C@H](NC(=O)[C@H](Cc1ccccc1)NC(=O)[C@H](Cc1ccccc1)NC(=O)OC(C)(C)C)C(=O)NCCCCCCCCCCCCNC(=O)[C@H](CC(C)C)NC(=O)[C@H](Cc1ccccc1)NC(=O)[C@H](Cc1ccccc1)NC(=O)OC(C)(C)C. The topological polar surface area (TPSA) is 251 Å². The minimum absolute atomic E-state index is 0.0836. The van der Waals surface area contributed by atoms with Crippen LogP contribution in [0.3, 0.4) is 0 Å². The summed E-state index contributed by atoms with van der Waals surface area (Å²) >= 11 is 0. The Morgan fingerprint density at radius 1 is 0.318 bits per heavy atom. The van der Waals surface area contributed by atoms with Crippen LogP contribution in [0.25, 0.3) is 0 Å². The highest BCUT2D eigenvalue weighted by Gasteiger charge is 2.34. The number of hydrogen-bond donors (Lipinski definition) is 8. The molecule has 8 amide bonds. The zero-order valence-electron chi connectivity index (χ0n) is 54.0. The van der Waals surface area contributed by atoms with Gasteiger partial charge >= 0.3 is 12.2 Å². The fraction of sp³-hybridized carbons (Fsp3) is 0.543. The van der Waals surface area contributed by atoms with Crippen molar-refractivity contribution in [1.29, 1.82) is 0 Å². The third-order valence-corrected chi connectivity index (χ3v) is 14.3. The van der Waals surface area contributed by atoms with E-state index in [4.69, 9.17) is 9.47 Å². The van der Waals surface area contributed by atoms with Gasteiger partial charge in [0.25, 0.3) is 0 Å². The average molecular weight is 1220 g/mol. The summed E-state index contributed by atoms with van der Waals surface area (Å²) in [6.45, 7) is 19.3. The van der Waals surface area contributed by atoms with Crippen molar-refractivity contribution in [2.24, 2.45) is 11.8 Å². The Kier molecular flexibility index (Phi) is 31.8. The van der Waals surface area contributed by atoms with Crippen LogP contribution in [0.4, 0.5) is 9.59 Å². The highest BCUT2D eigenvalue weighted by atomic mass is 16.6. The molecule has 0 aliphatic heterocycles. The van der Waals surface area contributed by atoms with Crippen LogP contribution in [-0.2, 0) is 63.9 Å². The van der Waals surface area contributed by atoms with Gasteiger partial charge in [-0.15, -0.1) is 0 Å². The summed E-state index contributed by atoms with van der Waals surface area (Å²) in [5, 5.41) is 23.2. The summed E-state index contributed by atoms with van der Waals surface area (Å²) in [6, 6.07) is 31.3. The number of ether oxygens (including phenoxy) is 2. The highest BCUT2D eigenvalue weighted by Crippen LogP contribution is 2.16. The lowest BCUT2D eigenvalue weighted by Crippen LogP contribution is -2.58. The van der Waals surface area contributed by atoms with Gasteiger partial charge in [-0.2, -0.15) is 0 Å². The molecule has 0 fully saturated rings. The molecule has 0 unspecified atom stereocenters. The smallest absolute Gasteiger partial charge is 0.408 e. The molecule has 0 aromatic heterocycles. The van der Waals surface area contributed by atoms with Crippen molar-refractivity contribution >= 4 is 47.6 Å². The van der Waals surface area contributed by atoms with Crippen molar-refractivity contribution in [3.05, 3.63) is 144 Å². The number of amides is 8. The van der Waals surface area contributed by atoms with Gasteiger partial charge in [0, 0.05) is 38.8 Å². The predicted octanol–water partition coefficient (Wildman–Crippen LogP) is 9.91. The fourth-order valence-electron chi connectivity index (χ4n) is 9.96. The van der Waals surface area contributed by atoms with Crippen molar-refractivity contribution in [2.75, 3.05) is 13.1 Å². The lowest BCUT2D eigenvalue weighted by atomic mass is 10.00. The lowest BCUT2D eigenvalue weighted by molar-refractivity contribution is -0.132. The Labute approximate surface area is 523 Å². The van der Waals surface area contributed by atoms with Crippen LogP contribution in [0, 0.1) is 11.8 Å². The van der Waals surface area contributed by atoms with E-state index in [1.807, 2.05) is 149 Å². The standard InChI is InChI=1S/C70H102N8O10/c1-49(2)43-55(73-63(81)57(45-51-33-23-19-24-34-51)75-65(83)59(47-53-37-27-21-28-38-53)77-67(85)87-69(5,6)7)61(79)71-41-31-17-15-13-11-12-14-16-18-32-42-72-62(80)56(44-50(3)4)74-64(82)58(46-52-35-25-20-26-36-52)76-66(84)60(48-54-39-29-22-30-40-54)78-68(86)88-70(8,9)10/h19-30,33-40,49-50,55-60H,11-18,31-32,41-48H2,1-10H3,(H,71,79)(H,72,80)(H,73,81)(H,74,82)(H,75,83)(H,76,84)(H,77,85)(H,78,86)/t55-,56-,57-,58-,59-,60-/m0/s1. The third-order valence-electron chi connectivity index (χ3n) is 14.3. The Hall–Kier alpha value is -7.76. The first-order valence-corrected chi connectivity index (χ1v) is 31.8. The van der Waals surface area contributed by atoms with Gasteiger partial charge in [-0.3, -0.25) is 28.8 Å². The van der Waals surface area contributed by atoms with Gasteiger partial charge in [0.2, 0.25) is 35.4 Å². The predicted molar refractivity (Wildman–Crippen MR) is 346 cm³/mol. The summed E-state index contributed by atoms with van der Waals surface area (Å²) in [5.41, 5.74) is 1.63. The molecule has 4 rings (SSSR count). The molecular formula is C70H102N8O10. The third kappa shape index (κ3) is 30.7. The Bertz CT molecular complexity index is 2550. The number of nitrogens with one attached hydrogen (secondary N) is 8. The summed E-state index contributed by atoms with van der Waals surface area (Å²) in [6.07, 6.45) is 9.73. The molecule has 4 aromatic carbocycles. The number of unbranched alkanes of at least 4 members (excludes halogenated alkanes) is 9. The normalized spacial score (nSPS) is 13.5. The number of rotatable bonds is 37. The molecule has 6 atom stereocenters. The molecule has 0 radical (unpaired) electrons. The first-order chi connectivity index (χ1) is 41.8. The molecule has 0 heterocycles. The molecule has 0 saturated heterocycles. The molecule has 88 heavy (non-hydrogen) atoms. The van der Waals surface area contributed by atoms with E-state index >= 15 is 0 Å². The van der Waals surface area contributed by atoms with Gasteiger partial charge in [0.05, 0.1) is 0 Å². The van der Waals surface area contributed by atoms with Crippen LogP contribution in [0.15, 0.2) is 121 Å². The first-order valence-electron chi connectivity index (χ1n) is 31.8. The maximum Gasteiger partial charge on any atom is 0.408 e. The number of benzene rings is 4. The molecule has 8 N–H and O–H groups in total. The number of hydrogen-bond acceptors (Lipinski definition) is 10. The second-order valence-corrected chi connectivity index (χ2v) is 25.8. The van der Waals surface area contributed by atoms with Crippen LogP contribution in [0.2, 0.25) is 0 Å². The molecule has 4 aromatic rings. The zero-order valence-corrected chi connectivity index (χ0v) is 54.0. The number of carbonyl (C=O) groups excluding carboxylic acids is 8. The Morgan fingerprint density at radius 2 is 0.545 bits per heavy atom. The summed E-state index contributed by atoms with van der Waals surface area (Å²) in [7, 11) is 0. The summed E-state index contributed by atoms with van der Waals surface area (Å²) in [4.78, 5) is 110. The van der Waals surface area contributed by atoms with Crippen LogP contribution >= 0.6 is 0 Å². The molecule has 0 bridgehead atoms. The molecule has 482 valence electrons. The Balaban J connectivity index is 1.20. The minimum atomic E-state index is -1.06. The number of carbonyl (C=O) groups is 8. The number of alkyl carbamates (subject to hydrolysis) is 2.